The van der Waals surface area contributed by atoms with Crippen LogP contribution in [-0.4, -0.2) is 24.8 Å². The van der Waals surface area contributed by atoms with Crippen LogP contribution in [0.5, 0.6) is 0 Å². The summed E-state index contributed by atoms with van der Waals surface area (Å²) in [5, 5.41) is 8.92. The van der Waals surface area contributed by atoms with Crippen LogP contribution in [0.15, 0.2) is 82.2 Å². The highest BCUT2D eigenvalue weighted by Crippen LogP contribution is 2.36. The van der Waals surface area contributed by atoms with E-state index in [9.17, 15) is 4.79 Å². The van der Waals surface area contributed by atoms with Gasteiger partial charge in [0.05, 0.1) is 19.2 Å². The fraction of sp³-hybridized carbons (Fsp3) is 0.0952. The molecule has 0 fully saturated rings. The van der Waals surface area contributed by atoms with Gasteiger partial charge in [0.15, 0.2) is 6.29 Å². The molecule has 0 bridgehead atoms. The Kier molecular flexibility index (Phi) is 3.86. The van der Waals surface area contributed by atoms with Gasteiger partial charge in [-0.05, 0) is 23.3 Å². The van der Waals surface area contributed by atoms with Gasteiger partial charge in [-0.15, -0.1) is 5.10 Å². The molecular weight excluding hydrogens is 312 g/mol. The molecule has 0 heterocycles. The molecule has 0 spiro atoms. The molecule has 2 aromatic rings. The Morgan fingerprint density at radius 3 is 2.04 bits per heavy atom. The SMILES string of the molecule is COC1=CC=C(C=O)C(=NN=C2c3ccccc3-c3ccccc32)C1. The molecule has 122 valence electrons. The van der Waals surface area contributed by atoms with Crippen LogP contribution in [-0.2, 0) is 9.53 Å². The van der Waals surface area contributed by atoms with E-state index in [0.29, 0.717) is 17.7 Å². The summed E-state index contributed by atoms with van der Waals surface area (Å²) in [6, 6.07) is 16.3. The number of rotatable bonds is 3. The number of benzene rings is 2. The Morgan fingerprint density at radius 1 is 0.880 bits per heavy atom. The Labute approximate surface area is 145 Å². The highest BCUT2D eigenvalue weighted by atomic mass is 16.5. The lowest BCUT2D eigenvalue weighted by Gasteiger charge is -2.11. The van der Waals surface area contributed by atoms with Gasteiger partial charge in [-0.25, -0.2) is 0 Å². The zero-order valence-electron chi connectivity index (χ0n) is 13.8. The standard InChI is InChI=1S/C21H16N2O2/c1-25-15-11-10-14(13-24)20(12-15)22-23-21-18-8-4-2-6-16(18)17-7-3-5-9-19(17)21/h2-11,13H,12H2,1H3. The molecule has 2 aliphatic carbocycles. The van der Waals surface area contributed by atoms with E-state index in [1.54, 1.807) is 19.3 Å². The van der Waals surface area contributed by atoms with E-state index in [0.717, 1.165) is 40.0 Å². The second kappa shape index (κ2) is 6.32. The molecule has 0 saturated heterocycles. The van der Waals surface area contributed by atoms with E-state index in [1.807, 2.05) is 36.4 Å². The number of methoxy groups -OCH3 is 1. The number of hydrogen-bond acceptors (Lipinski definition) is 4. The maximum absolute atomic E-state index is 11.3. The monoisotopic (exact) mass is 328 g/mol. The predicted octanol–water partition coefficient (Wildman–Crippen LogP) is 3.92. The summed E-state index contributed by atoms with van der Waals surface area (Å²) in [6.07, 6.45) is 4.76. The summed E-state index contributed by atoms with van der Waals surface area (Å²) in [5.74, 6) is 0.761. The van der Waals surface area contributed by atoms with Gasteiger partial charge in [-0.2, -0.15) is 5.10 Å². The number of allylic oxidation sites excluding steroid dienone is 4. The van der Waals surface area contributed by atoms with E-state index < -0.39 is 0 Å². The summed E-state index contributed by atoms with van der Waals surface area (Å²) < 4.78 is 5.27. The van der Waals surface area contributed by atoms with Gasteiger partial charge in [0.25, 0.3) is 0 Å². The molecule has 25 heavy (non-hydrogen) atoms. The Balaban J connectivity index is 1.81. The van der Waals surface area contributed by atoms with Crippen molar-refractivity contribution in [3.05, 3.63) is 83.1 Å². The van der Waals surface area contributed by atoms with Gasteiger partial charge in [0.2, 0.25) is 0 Å². The summed E-state index contributed by atoms with van der Waals surface area (Å²) in [6.45, 7) is 0. The van der Waals surface area contributed by atoms with Crippen molar-refractivity contribution < 1.29 is 9.53 Å². The molecular formula is C21H16N2O2. The minimum absolute atomic E-state index is 0.459. The van der Waals surface area contributed by atoms with Crippen LogP contribution >= 0.6 is 0 Å². The molecule has 0 aliphatic heterocycles. The van der Waals surface area contributed by atoms with Crippen LogP contribution in [0.25, 0.3) is 11.1 Å². The summed E-state index contributed by atoms with van der Waals surface area (Å²) in [5.41, 5.74) is 6.41. The van der Waals surface area contributed by atoms with Crippen LogP contribution < -0.4 is 0 Å². The molecule has 0 aromatic heterocycles. The zero-order chi connectivity index (χ0) is 17.2. The number of ether oxygens (including phenoxy) is 1. The summed E-state index contributed by atoms with van der Waals surface area (Å²) in [4.78, 5) is 11.3. The van der Waals surface area contributed by atoms with Crippen molar-refractivity contribution in [1.29, 1.82) is 0 Å². The average molecular weight is 328 g/mol. The van der Waals surface area contributed by atoms with Gasteiger partial charge in [0.1, 0.15) is 11.5 Å². The third-order valence-corrected chi connectivity index (χ3v) is 4.44. The van der Waals surface area contributed by atoms with Crippen LogP contribution in [0.1, 0.15) is 17.5 Å². The van der Waals surface area contributed by atoms with Crippen molar-refractivity contribution in [1.82, 2.24) is 0 Å². The maximum atomic E-state index is 11.3. The molecule has 2 aliphatic rings. The molecule has 0 saturated carbocycles. The minimum atomic E-state index is 0.459. The Morgan fingerprint density at radius 2 is 1.48 bits per heavy atom. The Hall–Kier alpha value is -3.27. The van der Waals surface area contributed by atoms with E-state index >= 15 is 0 Å². The normalized spacial score (nSPS) is 16.7. The highest BCUT2D eigenvalue weighted by molar-refractivity contribution is 6.25. The van der Waals surface area contributed by atoms with Crippen molar-refractivity contribution in [2.75, 3.05) is 7.11 Å². The first-order valence-corrected chi connectivity index (χ1v) is 8.06. The summed E-state index contributed by atoms with van der Waals surface area (Å²) >= 11 is 0. The van der Waals surface area contributed by atoms with Gasteiger partial charge in [-0.3, -0.25) is 4.79 Å². The first-order chi connectivity index (χ1) is 12.3. The van der Waals surface area contributed by atoms with Crippen molar-refractivity contribution in [3.8, 4) is 11.1 Å². The third kappa shape index (κ3) is 2.62. The topological polar surface area (TPSA) is 51.0 Å². The quantitative estimate of drug-likeness (QED) is 0.540. The van der Waals surface area contributed by atoms with Crippen molar-refractivity contribution in [2.24, 2.45) is 10.2 Å². The zero-order valence-corrected chi connectivity index (χ0v) is 13.8. The first-order valence-electron chi connectivity index (χ1n) is 8.06. The number of nitrogens with zero attached hydrogens (tertiary/aromatic N) is 2. The molecule has 0 radical (unpaired) electrons. The van der Waals surface area contributed by atoms with Crippen LogP contribution in [0.2, 0.25) is 0 Å². The minimum Gasteiger partial charge on any atom is -0.501 e. The number of aldehydes is 1. The molecule has 0 unspecified atom stereocenters. The lowest BCUT2D eigenvalue weighted by molar-refractivity contribution is -0.104. The van der Waals surface area contributed by atoms with Gasteiger partial charge < -0.3 is 4.74 Å². The molecule has 2 aromatic carbocycles. The largest absolute Gasteiger partial charge is 0.501 e. The molecule has 4 heteroatoms. The molecule has 0 amide bonds. The van der Waals surface area contributed by atoms with Crippen molar-refractivity contribution >= 4 is 17.7 Å². The second-order valence-corrected chi connectivity index (χ2v) is 5.84. The fourth-order valence-electron chi connectivity index (χ4n) is 3.16. The number of fused-ring (bicyclic) bond motifs is 3. The smallest absolute Gasteiger partial charge is 0.151 e. The van der Waals surface area contributed by atoms with Gasteiger partial charge in [-0.1, -0.05) is 48.5 Å². The second-order valence-electron chi connectivity index (χ2n) is 5.84. The lowest BCUT2D eigenvalue weighted by Crippen LogP contribution is -2.10. The van der Waals surface area contributed by atoms with Crippen LogP contribution in [0.3, 0.4) is 0 Å². The van der Waals surface area contributed by atoms with Gasteiger partial charge in [0, 0.05) is 16.7 Å². The first kappa shape index (κ1) is 15.3. The van der Waals surface area contributed by atoms with Crippen LogP contribution in [0.4, 0.5) is 0 Å². The van der Waals surface area contributed by atoms with Crippen molar-refractivity contribution in [3.63, 3.8) is 0 Å². The fourth-order valence-corrected chi connectivity index (χ4v) is 3.16. The Bertz CT molecular complexity index is 933. The molecule has 0 N–H and O–H groups in total. The summed E-state index contributed by atoms with van der Waals surface area (Å²) in [7, 11) is 1.61. The molecule has 4 nitrogen and oxygen atoms in total. The van der Waals surface area contributed by atoms with Crippen molar-refractivity contribution in [2.45, 2.75) is 6.42 Å². The number of hydrogen-bond donors (Lipinski definition) is 0. The highest BCUT2D eigenvalue weighted by Gasteiger charge is 2.24. The van der Waals surface area contributed by atoms with E-state index in [-0.39, 0.29) is 0 Å². The number of carbonyl (C=O) groups is 1. The van der Waals surface area contributed by atoms with Crippen LogP contribution in [0, 0.1) is 0 Å². The van der Waals surface area contributed by atoms with E-state index in [1.165, 1.54) is 0 Å². The number of carbonyl (C=O) groups excluding carboxylic acids is 1. The van der Waals surface area contributed by atoms with E-state index in [2.05, 4.69) is 22.3 Å². The molecule has 4 rings (SSSR count). The average Bonchev–Trinajstić information content (AvgIpc) is 3.00. The van der Waals surface area contributed by atoms with E-state index in [4.69, 9.17) is 4.74 Å². The maximum Gasteiger partial charge on any atom is 0.151 e. The lowest BCUT2D eigenvalue weighted by atomic mass is 10.0. The predicted molar refractivity (Wildman–Crippen MR) is 98.8 cm³/mol. The molecule has 0 atom stereocenters. The van der Waals surface area contributed by atoms with Gasteiger partial charge >= 0.3 is 0 Å². The third-order valence-electron chi connectivity index (χ3n) is 4.44.